The summed E-state index contributed by atoms with van der Waals surface area (Å²) in [7, 11) is 1.71. The first-order chi connectivity index (χ1) is 9.20. The first-order valence-corrected chi connectivity index (χ1v) is 6.46. The standard InChI is InChI=1S/C14H21N3O2/c1-11-14(12(2)19-16-11)10-17-6-4-13(9-17)8-15-5-7-18-3/h4,6,9,15H,5,7-8,10H2,1-3H3. The summed E-state index contributed by atoms with van der Waals surface area (Å²) in [6.45, 7) is 7.19. The van der Waals surface area contributed by atoms with Crippen molar-refractivity contribution in [3.8, 4) is 0 Å². The van der Waals surface area contributed by atoms with Gasteiger partial charge in [-0.15, -0.1) is 0 Å². The zero-order chi connectivity index (χ0) is 13.7. The lowest BCUT2D eigenvalue weighted by Crippen LogP contribution is -2.18. The maximum absolute atomic E-state index is 5.18. The number of methoxy groups -OCH3 is 1. The van der Waals surface area contributed by atoms with Crippen molar-refractivity contribution in [2.75, 3.05) is 20.3 Å². The fourth-order valence-corrected chi connectivity index (χ4v) is 2.01. The maximum atomic E-state index is 5.18. The van der Waals surface area contributed by atoms with E-state index < -0.39 is 0 Å². The third-order valence-electron chi connectivity index (χ3n) is 3.15. The maximum Gasteiger partial charge on any atom is 0.138 e. The third kappa shape index (κ3) is 3.68. The Labute approximate surface area is 113 Å². The number of aryl methyl sites for hydroxylation is 2. The van der Waals surface area contributed by atoms with Crippen LogP contribution in [0.25, 0.3) is 0 Å². The molecule has 1 N–H and O–H groups in total. The van der Waals surface area contributed by atoms with E-state index in [0.29, 0.717) is 0 Å². The van der Waals surface area contributed by atoms with Crippen molar-refractivity contribution in [1.82, 2.24) is 15.0 Å². The van der Waals surface area contributed by atoms with Crippen LogP contribution in [0.4, 0.5) is 0 Å². The third-order valence-corrected chi connectivity index (χ3v) is 3.15. The molecule has 0 fully saturated rings. The second kappa shape index (κ2) is 6.54. The highest BCUT2D eigenvalue weighted by atomic mass is 16.5. The van der Waals surface area contributed by atoms with Gasteiger partial charge in [0, 0.05) is 38.2 Å². The Morgan fingerprint density at radius 2 is 2.26 bits per heavy atom. The average Bonchev–Trinajstić information content (AvgIpc) is 2.97. The zero-order valence-corrected chi connectivity index (χ0v) is 11.8. The molecule has 2 rings (SSSR count). The Bertz CT molecular complexity index is 497. The highest BCUT2D eigenvalue weighted by molar-refractivity contribution is 5.22. The second-order valence-electron chi connectivity index (χ2n) is 4.66. The molecule has 0 spiro atoms. The van der Waals surface area contributed by atoms with E-state index in [0.717, 1.165) is 43.3 Å². The molecular weight excluding hydrogens is 242 g/mol. The molecule has 0 aromatic carbocycles. The first kappa shape index (κ1) is 13.8. The van der Waals surface area contributed by atoms with Gasteiger partial charge in [-0.05, 0) is 25.5 Å². The van der Waals surface area contributed by atoms with Crippen LogP contribution in [0.15, 0.2) is 23.0 Å². The number of rotatable bonds is 7. The van der Waals surface area contributed by atoms with Crippen molar-refractivity contribution in [2.24, 2.45) is 0 Å². The molecule has 104 valence electrons. The molecule has 0 aliphatic carbocycles. The number of nitrogens with zero attached hydrogens (tertiary/aromatic N) is 2. The fraction of sp³-hybridized carbons (Fsp3) is 0.500. The van der Waals surface area contributed by atoms with E-state index in [1.165, 1.54) is 5.56 Å². The molecule has 0 unspecified atom stereocenters. The SMILES string of the molecule is COCCNCc1ccn(Cc2c(C)noc2C)c1. The monoisotopic (exact) mass is 263 g/mol. The molecule has 0 aliphatic heterocycles. The molecule has 0 bridgehead atoms. The van der Waals surface area contributed by atoms with Gasteiger partial charge in [-0.1, -0.05) is 5.16 Å². The van der Waals surface area contributed by atoms with Crippen LogP contribution in [0.2, 0.25) is 0 Å². The zero-order valence-electron chi connectivity index (χ0n) is 11.8. The minimum absolute atomic E-state index is 0.736. The van der Waals surface area contributed by atoms with Gasteiger partial charge in [0.05, 0.1) is 18.8 Å². The summed E-state index contributed by atoms with van der Waals surface area (Å²) in [5.41, 5.74) is 3.39. The van der Waals surface area contributed by atoms with Gasteiger partial charge >= 0.3 is 0 Å². The molecule has 19 heavy (non-hydrogen) atoms. The van der Waals surface area contributed by atoms with Gasteiger partial charge < -0.3 is 19.1 Å². The molecule has 5 nitrogen and oxygen atoms in total. The van der Waals surface area contributed by atoms with Gasteiger partial charge in [0.1, 0.15) is 5.76 Å². The van der Waals surface area contributed by atoms with Crippen molar-refractivity contribution >= 4 is 0 Å². The molecule has 0 aliphatic rings. The lowest BCUT2D eigenvalue weighted by Gasteiger charge is -2.03. The van der Waals surface area contributed by atoms with Gasteiger partial charge in [-0.2, -0.15) is 0 Å². The van der Waals surface area contributed by atoms with Gasteiger partial charge in [0.2, 0.25) is 0 Å². The van der Waals surface area contributed by atoms with Crippen molar-refractivity contribution in [3.63, 3.8) is 0 Å². The summed E-state index contributed by atoms with van der Waals surface area (Å²) in [5, 5.41) is 7.30. The second-order valence-corrected chi connectivity index (χ2v) is 4.66. The number of aromatic nitrogens is 2. The molecule has 0 atom stereocenters. The van der Waals surface area contributed by atoms with E-state index >= 15 is 0 Å². The van der Waals surface area contributed by atoms with E-state index in [4.69, 9.17) is 9.26 Å². The van der Waals surface area contributed by atoms with Gasteiger partial charge in [-0.25, -0.2) is 0 Å². The predicted octanol–water partition coefficient (Wildman–Crippen LogP) is 1.88. The molecule has 0 saturated heterocycles. The molecule has 0 amide bonds. The molecule has 0 radical (unpaired) electrons. The van der Waals surface area contributed by atoms with Crippen LogP contribution in [-0.2, 0) is 17.8 Å². The minimum Gasteiger partial charge on any atom is -0.383 e. The van der Waals surface area contributed by atoms with E-state index in [1.807, 2.05) is 13.8 Å². The summed E-state index contributed by atoms with van der Waals surface area (Å²) >= 11 is 0. The molecule has 2 aromatic rings. The smallest absolute Gasteiger partial charge is 0.138 e. The average molecular weight is 263 g/mol. The van der Waals surface area contributed by atoms with Gasteiger partial charge in [0.15, 0.2) is 0 Å². The van der Waals surface area contributed by atoms with Crippen LogP contribution in [0, 0.1) is 13.8 Å². The molecule has 5 heteroatoms. The molecule has 0 saturated carbocycles. The van der Waals surface area contributed by atoms with Crippen molar-refractivity contribution in [2.45, 2.75) is 26.9 Å². The molecular formula is C14H21N3O2. The highest BCUT2D eigenvalue weighted by Gasteiger charge is 2.09. The molecule has 2 aromatic heterocycles. The quantitative estimate of drug-likeness (QED) is 0.775. The van der Waals surface area contributed by atoms with E-state index in [-0.39, 0.29) is 0 Å². The number of nitrogens with one attached hydrogen (secondary N) is 1. The van der Waals surface area contributed by atoms with Crippen molar-refractivity contribution < 1.29 is 9.26 Å². The summed E-state index contributed by atoms with van der Waals surface area (Å²) in [4.78, 5) is 0. The topological polar surface area (TPSA) is 52.2 Å². The largest absolute Gasteiger partial charge is 0.383 e. The highest BCUT2D eigenvalue weighted by Crippen LogP contribution is 2.14. The van der Waals surface area contributed by atoms with Gasteiger partial charge in [-0.3, -0.25) is 0 Å². The summed E-state index contributed by atoms with van der Waals surface area (Å²) in [5.74, 6) is 0.894. The lowest BCUT2D eigenvalue weighted by molar-refractivity contribution is 0.199. The molecule has 2 heterocycles. The van der Waals surface area contributed by atoms with Crippen molar-refractivity contribution in [3.05, 3.63) is 41.0 Å². The number of ether oxygens (including phenoxy) is 1. The minimum atomic E-state index is 0.736. The normalized spacial score (nSPS) is 11.1. The summed E-state index contributed by atoms with van der Waals surface area (Å²) < 4.78 is 12.3. The first-order valence-electron chi connectivity index (χ1n) is 6.46. The van der Waals surface area contributed by atoms with E-state index in [9.17, 15) is 0 Å². The Morgan fingerprint density at radius 3 is 2.95 bits per heavy atom. The lowest BCUT2D eigenvalue weighted by atomic mass is 10.2. The Hall–Kier alpha value is -1.59. The van der Waals surface area contributed by atoms with Crippen molar-refractivity contribution in [1.29, 1.82) is 0 Å². The Balaban J connectivity index is 1.90. The Kier molecular flexibility index (Phi) is 4.76. The fourth-order valence-electron chi connectivity index (χ4n) is 2.01. The summed E-state index contributed by atoms with van der Waals surface area (Å²) in [6, 6.07) is 2.12. The Morgan fingerprint density at radius 1 is 1.42 bits per heavy atom. The predicted molar refractivity (Wildman–Crippen MR) is 73.1 cm³/mol. The van der Waals surface area contributed by atoms with Crippen LogP contribution in [-0.4, -0.2) is 30.0 Å². The van der Waals surface area contributed by atoms with Crippen LogP contribution in [0.1, 0.15) is 22.6 Å². The van der Waals surface area contributed by atoms with Crippen LogP contribution < -0.4 is 5.32 Å². The number of hydrogen-bond donors (Lipinski definition) is 1. The van der Waals surface area contributed by atoms with Gasteiger partial charge in [0.25, 0.3) is 0 Å². The van der Waals surface area contributed by atoms with Crippen LogP contribution in [0.5, 0.6) is 0 Å². The van der Waals surface area contributed by atoms with Crippen LogP contribution in [0.3, 0.4) is 0 Å². The van der Waals surface area contributed by atoms with E-state index in [1.54, 1.807) is 7.11 Å². The number of hydrogen-bond acceptors (Lipinski definition) is 4. The van der Waals surface area contributed by atoms with Crippen LogP contribution >= 0.6 is 0 Å². The summed E-state index contributed by atoms with van der Waals surface area (Å²) in [6.07, 6.45) is 4.23. The van der Waals surface area contributed by atoms with E-state index in [2.05, 4.69) is 33.5 Å².